The number of hydrogen-bond donors (Lipinski definition) is 2. The van der Waals surface area contributed by atoms with E-state index in [0.29, 0.717) is 12.5 Å². The highest BCUT2D eigenvalue weighted by atomic mass is 32.1. The summed E-state index contributed by atoms with van der Waals surface area (Å²) in [6.07, 6.45) is 0. The van der Waals surface area contributed by atoms with Crippen LogP contribution in [0.15, 0.2) is 0 Å². The Kier molecular flexibility index (Phi) is 2.78. The molecule has 1 unspecified atom stereocenters. The molecule has 0 bridgehead atoms. The monoisotopic (exact) mass is 188 g/mol. The first-order chi connectivity index (χ1) is 5.11. The van der Waals surface area contributed by atoms with Crippen molar-refractivity contribution >= 4 is 34.4 Å². The molecule has 0 radical (unpaired) electrons. The van der Waals surface area contributed by atoms with Crippen molar-refractivity contribution < 1.29 is 0 Å². The number of hydrogen-bond acceptors (Lipinski definition) is 2. The molecule has 0 saturated carbocycles. The zero-order valence-electron chi connectivity index (χ0n) is 6.68. The summed E-state index contributed by atoms with van der Waals surface area (Å²) in [5.41, 5.74) is 0. The highest BCUT2D eigenvalue weighted by Crippen LogP contribution is 2.05. The summed E-state index contributed by atoms with van der Waals surface area (Å²) >= 11 is 10.1. The predicted molar refractivity (Wildman–Crippen MR) is 55.0 cm³/mol. The Morgan fingerprint density at radius 3 is 2.55 bits per heavy atom. The van der Waals surface area contributed by atoms with Crippen molar-refractivity contribution in [2.75, 3.05) is 6.54 Å². The lowest BCUT2D eigenvalue weighted by atomic mass is 10.0. The lowest BCUT2D eigenvalue weighted by Gasteiger charge is -2.30. The number of rotatable bonds is 1. The fourth-order valence-corrected chi connectivity index (χ4v) is 1.64. The maximum atomic E-state index is 5.12. The molecule has 0 aromatic carbocycles. The lowest BCUT2D eigenvalue weighted by molar-refractivity contribution is 0.538. The third-order valence-corrected chi connectivity index (χ3v) is 2.35. The molecule has 1 aliphatic heterocycles. The van der Waals surface area contributed by atoms with Crippen molar-refractivity contribution in [2.45, 2.75) is 19.9 Å². The Morgan fingerprint density at radius 1 is 1.45 bits per heavy atom. The lowest BCUT2D eigenvalue weighted by Crippen LogP contribution is -2.56. The normalized spacial score (nSPS) is 24.8. The van der Waals surface area contributed by atoms with Gasteiger partial charge in [0.2, 0.25) is 0 Å². The van der Waals surface area contributed by atoms with E-state index in [0.717, 1.165) is 9.98 Å². The fraction of sp³-hybridized carbons (Fsp3) is 0.714. The van der Waals surface area contributed by atoms with Gasteiger partial charge in [0.05, 0.1) is 22.6 Å². The van der Waals surface area contributed by atoms with Crippen LogP contribution in [-0.2, 0) is 0 Å². The molecule has 1 saturated heterocycles. The quantitative estimate of drug-likeness (QED) is 0.596. The second-order valence-corrected chi connectivity index (χ2v) is 3.94. The van der Waals surface area contributed by atoms with E-state index in [-0.39, 0.29) is 6.04 Å². The zero-order chi connectivity index (χ0) is 8.43. The maximum Gasteiger partial charge on any atom is 0.0986 e. The van der Waals surface area contributed by atoms with E-state index in [2.05, 4.69) is 24.5 Å². The number of thiocarbonyl (C=S) groups is 2. The first-order valence-electron chi connectivity index (χ1n) is 3.68. The van der Waals surface area contributed by atoms with E-state index in [1.165, 1.54) is 0 Å². The molecule has 1 atom stereocenters. The Bertz CT molecular complexity index is 189. The van der Waals surface area contributed by atoms with E-state index >= 15 is 0 Å². The van der Waals surface area contributed by atoms with Crippen LogP contribution in [0.2, 0.25) is 0 Å². The van der Waals surface area contributed by atoms with Gasteiger partial charge < -0.3 is 10.6 Å². The highest BCUT2D eigenvalue weighted by Gasteiger charge is 2.22. The van der Waals surface area contributed by atoms with Crippen LogP contribution in [0.25, 0.3) is 0 Å². The van der Waals surface area contributed by atoms with Gasteiger partial charge in [-0.3, -0.25) is 0 Å². The Morgan fingerprint density at radius 2 is 2.09 bits per heavy atom. The first kappa shape index (κ1) is 8.87. The minimum atomic E-state index is 0.228. The smallest absolute Gasteiger partial charge is 0.0986 e. The summed E-state index contributed by atoms with van der Waals surface area (Å²) in [6.45, 7) is 4.94. The molecule has 2 nitrogen and oxygen atoms in total. The molecule has 62 valence electrons. The summed E-state index contributed by atoms with van der Waals surface area (Å²) in [7, 11) is 0. The minimum absolute atomic E-state index is 0.228. The third-order valence-electron chi connectivity index (χ3n) is 1.69. The van der Waals surface area contributed by atoms with Crippen LogP contribution in [0.5, 0.6) is 0 Å². The van der Waals surface area contributed by atoms with Crippen LogP contribution in [-0.4, -0.2) is 22.6 Å². The second kappa shape index (κ2) is 3.45. The van der Waals surface area contributed by atoms with Gasteiger partial charge in [-0.1, -0.05) is 38.3 Å². The molecule has 0 aliphatic carbocycles. The van der Waals surface area contributed by atoms with Crippen molar-refractivity contribution in [3.63, 3.8) is 0 Å². The van der Waals surface area contributed by atoms with E-state index < -0.39 is 0 Å². The molecule has 0 aromatic heterocycles. The topological polar surface area (TPSA) is 24.1 Å². The van der Waals surface area contributed by atoms with Gasteiger partial charge in [0.1, 0.15) is 0 Å². The van der Waals surface area contributed by atoms with E-state index in [1.807, 2.05) is 0 Å². The third kappa shape index (κ3) is 2.10. The average Bonchev–Trinajstić information content (AvgIpc) is 1.94. The van der Waals surface area contributed by atoms with Crippen LogP contribution in [0.4, 0.5) is 0 Å². The summed E-state index contributed by atoms with van der Waals surface area (Å²) in [5, 5.41) is 6.28. The van der Waals surface area contributed by atoms with Gasteiger partial charge in [0.25, 0.3) is 0 Å². The Balaban J connectivity index is 2.61. The second-order valence-electron chi connectivity index (χ2n) is 3.01. The summed E-state index contributed by atoms with van der Waals surface area (Å²) in [4.78, 5) is 1.74. The highest BCUT2D eigenvalue weighted by molar-refractivity contribution is 7.81. The molecular weight excluding hydrogens is 176 g/mol. The molecule has 1 aliphatic rings. The Labute approximate surface area is 77.7 Å². The van der Waals surface area contributed by atoms with Gasteiger partial charge in [-0.15, -0.1) is 0 Å². The van der Waals surface area contributed by atoms with E-state index in [9.17, 15) is 0 Å². The average molecular weight is 188 g/mol. The summed E-state index contributed by atoms with van der Waals surface area (Å²) in [6, 6.07) is 0.228. The van der Waals surface area contributed by atoms with Crippen LogP contribution < -0.4 is 10.6 Å². The van der Waals surface area contributed by atoms with Crippen LogP contribution in [0.1, 0.15) is 13.8 Å². The van der Waals surface area contributed by atoms with Crippen LogP contribution in [0, 0.1) is 5.92 Å². The van der Waals surface area contributed by atoms with Gasteiger partial charge >= 0.3 is 0 Å². The molecule has 2 N–H and O–H groups in total. The van der Waals surface area contributed by atoms with E-state index in [1.54, 1.807) is 0 Å². The fourth-order valence-electron chi connectivity index (χ4n) is 1.04. The summed E-state index contributed by atoms with van der Waals surface area (Å²) in [5.74, 6) is 0.494. The zero-order valence-corrected chi connectivity index (χ0v) is 8.31. The first-order valence-corrected chi connectivity index (χ1v) is 4.50. The van der Waals surface area contributed by atoms with Crippen molar-refractivity contribution in [3.05, 3.63) is 0 Å². The molecule has 1 rings (SSSR count). The summed E-state index contributed by atoms with van der Waals surface area (Å²) < 4.78 is 0. The molecule has 0 aromatic rings. The van der Waals surface area contributed by atoms with Gasteiger partial charge in [-0.2, -0.15) is 0 Å². The largest absolute Gasteiger partial charge is 0.371 e. The number of piperazine rings is 1. The molecule has 0 amide bonds. The van der Waals surface area contributed by atoms with Gasteiger partial charge in [0.15, 0.2) is 0 Å². The van der Waals surface area contributed by atoms with E-state index in [4.69, 9.17) is 24.4 Å². The molecule has 11 heavy (non-hydrogen) atoms. The van der Waals surface area contributed by atoms with Crippen molar-refractivity contribution in [3.8, 4) is 0 Å². The maximum absolute atomic E-state index is 5.12. The minimum Gasteiger partial charge on any atom is -0.371 e. The van der Waals surface area contributed by atoms with Gasteiger partial charge in [0, 0.05) is 0 Å². The molecule has 1 heterocycles. The molecule has 1 fully saturated rings. The van der Waals surface area contributed by atoms with Gasteiger partial charge in [-0.05, 0) is 5.92 Å². The predicted octanol–water partition coefficient (Wildman–Crippen LogP) is 0.859. The molecular formula is C7H12N2S2. The van der Waals surface area contributed by atoms with Crippen molar-refractivity contribution in [2.24, 2.45) is 5.92 Å². The van der Waals surface area contributed by atoms with Crippen LogP contribution >= 0.6 is 24.4 Å². The number of nitrogens with one attached hydrogen (secondary N) is 2. The Hall–Kier alpha value is -0.220. The molecule has 0 spiro atoms. The SMILES string of the molecule is CC(C)C1NC(=S)CNC1=S. The molecule has 4 heteroatoms. The standard InChI is InChI=1S/C7H12N2S2/c1-4(2)6-7(11)8-3-5(10)9-6/h4,6H,3H2,1-2H3,(H,8,11)(H,9,10). The van der Waals surface area contributed by atoms with Gasteiger partial charge in [-0.25, -0.2) is 0 Å². The van der Waals surface area contributed by atoms with Crippen LogP contribution in [0.3, 0.4) is 0 Å². The van der Waals surface area contributed by atoms with Crippen molar-refractivity contribution in [1.29, 1.82) is 0 Å². The van der Waals surface area contributed by atoms with Crippen molar-refractivity contribution in [1.82, 2.24) is 10.6 Å².